The van der Waals surface area contributed by atoms with E-state index in [0.717, 1.165) is 5.56 Å². The van der Waals surface area contributed by atoms with Gasteiger partial charge >= 0.3 is 5.97 Å². The van der Waals surface area contributed by atoms with E-state index >= 15 is 0 Å². The second-order valence-corrected chi connectivity index (χ2v) is 6.84. The van der Waals surface area contributed by atoms with Gasteiger partial charge in [0.05, 0.1) is 5.56 Å². The Morgan fingerprint density at radius 2 is 1.64 bits per heavy atom. The Bertz CT molecular complexity index is 781. The molecule has 6 nitrogen and oxygen atoms in total. The molecule has 0 saturated carbocycles. The molecule has 0 unspecified atom stereocenters. The first kappa shape index (κ1) is 18.7. The summed E-state index contributed by atoms with van der Waals surface area (Å²) in [6.07, 6.45) is 0. The predicted molar refractivity (Wildman–Crippen MR) is 97.4 cm³/mol. The number of aliphatic carboxylic acids is 1. The van der Waals surface area contributed by atoms with Crippen molar-refractivity contribution in [2.75, 3.05) is 5.32 Å². The number of nitrogens with one attached hydrogen (secondary N) is 2. The van der Waals surface area contributed by atoms with Gasteiger partial charge in [0.15, 0.2) is 0 Å². The van der Waals surface area contributed by atoms with Gasteiger partial charge in [-0.1, -0.05) is 26.0 Å². The van der Waals surface area contributed by atoms with Crippen LogP contribution in [0.3, 0.4) is 0 Å². The molecule has 0 radical (unpaired) electrons. The maximum absolute atomic E-state index is 12.4. The van der Waals surface area contributed by atoms with Crippen LogP contribution in [0.25, 0.3) is 0 Å². The molecule has 1 aromatic heterocycles. The number of hydrogen-bond acceptors (Lipinski definition) is 4. The molecule has 0 fully saturated rings. The fourth-order valence-corrected chi connectivity index (χ4v) is 2.90. The molecule has 0 spiro atoms. The van der Waals surface area contributed by atoms with E-state index in [0.29, 0.717) is 16.5 Å². The quantitative estimate of drug-likeness (QED) is 0.736. The van der Waals surface area contributed by atoms with Gasteiger partial charge < -0.3 is 15.7 Å². The number of carboxylic acid groups (broad SMARTS) is 1. The molecule has 132 valence electrons. The van der Waals surface area contributed by atoms with Crippen LogP contribution in [0.1, 0.15) is 53.0 Å². The van der Waals surface area contributed by atoms with Crippen molar-refractivity contribution in [3.63, 3.8) is 0 Å². The first-order chi connectivity index (χ1) is 11.8. The number of thiophene rings is 1. The van der Waals surface area contributed by atoms with Crippen LogP contribution in [0, 0.1) is 0 Å². The van der Waals surface area contributed by atoms with Crippen LogP contribution in [-0.2, 0) is 4.79 Å². The minimum absolute atomic E-state index is 0.241. The molecule has 2 amide bonds. The molecule has 7 heteroatoms. The van der Waals surface area contributed by atoms with Crippen molar-refractivity contribution >= 4 is 34.1 Å². The van der Waals surface area contributed by atoms with Crippen molar-refractivity contribution in [1.82, 2.24) is 5.32 Å². The molecule has 0 bridgehead atoms. The number of anilines is 1. The van der Waals surface area contributed by atoms with Gasteiger partial charge in [-0.2, -0.15) is 0 Å². The zero-order chi connectivity index (χ0) is 18.6. The lowest BCUT2D eigenvalue weighted by atomic mass is 10.0. The number of amides is 2. The highest BCUT2D eigenvalue weighted by Crippen LogP contribution is 2.24. The highest BCUT2D eigenvalue weighted by atomic mass is 32.1. The Morgan fingerprint density at radius 3 is 2.20 bits per heavy atom. The lowest BCUT2D eigenvalue weighted by molar-refractivity contribution is -0.138. The summed E-state index contributed by atoms with van der Waals surface area (Å²) in [7, 11) is 0. The minimum atomic E-state index is -1.13. The number of hydrogen-bond donors (Lipinski definition) is 3. The maximum Gasteiger partial charge on any atom is 0.325 e. The molecular weight excluding hydrogens is 340 g/mol. The summed E-state index contributed by atoms with van der Waals surface area (Å²) in [5.41, 5.74) is 1.86. The van der Waals surface area contributed by atoms with Gasteiger partial charge in [-0.25, -0.2) is 0 Å². The summed E-state index contributed by atoms with van der Waals surface area (Å²) in [5.74, 6) is -1.61. The molecule has 1 aromatic carbocycles. The topological polar surface area (TPSA) is 95.5 Å². The molecule has 3 N–H and O–H groups in total. The van der Waals surface area contributed by atoms with Crippen molar-refractivity contribution in [2.45, 2.75) is 32.7 Å². The highest BCUT2D eigenvalue weighted by Gasteiger charge is 2.20. The van der Waals surface area contributed by atoms with Gasteiger partial charge in [0.25, 0.3) is 11.8 Å². The van der Waals surface area contributed by atoms with Crippen molar-refractivity contribution in [1.29, 1.82) is 0 Å². The number of carboxylic acids is 1. The Morgan fingerprint density at radius 1 is 1.00 bits per heavy atom. The molecule has 2 aromatic rings. The summed E-state index contributed by atoms with van der Waals surface area (Å²) < 4.78 is 0. The van der Waals surface area contributed by atoms with E-state index in [-0.39, 0.29) is 11.5 Å². The van der Waals surface area contributed by atoms with Gasteiger partial charge in [-0.15, -0.1) is 11.3 Å². The summed E-state index contributed by atoms with van der Waals surface area (Å²) >= 11 is 1.20. The normalized spacial score (nSPS) is 11.8. The van der Waals surface area contributed by atoms with E-state index in [1.165, 1.54) is 18.3 Å². The summed E-state index contributed by atoms with van der Waals surface area (Å²) in [6, 6.07) is 7.81. The maximum atomic E-state index is 12.4. The van der Waals surface area contributed by atoms with Crippen molar-refractivity contribution in [3.05, 3.63) is 52.4 Å². The third-order valence-electron chi connectivity index (χ3n) is 3.69. The highest BCUT2D eigenvalue weighted by molar-refractivity contribution is 7.14. The van der Waals surface area contributed by atoms with E-state index in [4.69, 9.17) is 5.11 Å². The van der Waals surface area contributed by atoms with E-state index in [1.807, 2.05) is 12.1 Å². The van der Waals surface area contributed by atoms with Crippen molar-refractivity contribution < 1.29 is 19.5 Å². The molecule has 2 rings (SSSR count). The molecular formula is C18H20N2O4S. The zero-order valence-corrected chi connectivity index (χ0v) is 15.0. The first-order valence-electron chi connectivity index (χ1n) is 7.82. The third-order valence-corrected chi connectivity index (χ3v) is 4.52. The summed E-state index contributed by atoms with van der Waals surface area (Å²) in [4.78, 5) is 35.4. The van der Waals surface area contributed by atoms with Gasteiger partial charge in [0.1, 0.15) is 11.0 Å². The Labute approximate surface area is 149 Å². The zero-order valence-electron chi connectivity index (χ0n) is 14.2. The van der Waals surface area contributed by atoms with E-state index < -0.39 is 17.9 Å². The smallest absolute Gasteiger partial charge is 0.325 e. The average molecular weight is 360 g/mol. The Hall–Kier alpha value is -2.67. The number of carbonyl (C=O) groups is 3. The standard InChI is InChI=1S/C18H20N2O4S/c1-10(2)12-4-6-13(7-5-12)15(21)20-17-14(8-9-25-17)16(22)19-11(3)18(23)24/h4-11H,1-3H3,(H,19,22)(H,20,21)(H,23,24)/t11-/m0/s1. The summed E-state index contributed by atoms with van der Waals surface area (Å²) in [5, 5.41) is 16.0. The largest absolute Gasteiger partial charge is 0.480 e. The lowest BCUT2D eigenvalue weighted by Gasteiger charge is -2.11. The van der Waals surface area contributed by atoms with Gasteiger partial charge in [0.2, 0.25) is 0 Å². The average Bonchev–Trinajstić information content (AvgIpc) is 3.02. The van der Waals surface area contributed by atoms with E-state index in [9.17, 15) is 14.4 Å². The third kappa shape index (κ3) is 4.67. The Balaban J connectivity index is 2.10. The second kappa shape index (κ2) is 7.94. The number of rotatable bonds is 6. The van der Waals surface area contributed by atoms with Crippen LogP contribution in [0.4, 0.5) is 5.00 Å². The van der Waals surface area contributed by atoms with Crippen LogP contribution < -0.4 is 10.6 Å². The molecule has 0 saturated heterocycles. The monoisotopic (exact) mass is 360 g/mol. The first-order valence-corrected chi connectivity index (χ1v) is 8.70. The number of carbonyl (C=O) groups excluding carboxylic acids is 2. The van der Waals surface area contributed by atoms with Crippen LogP contribution in [-0.4, -0.2) is 28.9 Å². The molecule has 1 heterocycles. The fourth-order valence-electron chi connectivity index (χ4n) is 2.12. The Kier molecular flexibility index (Phi) is 5.93. The molecule has 1 atom stereocenters. The van der Waals surface area contributed by atoms with Crippen LogP contribution >= 0.6 is 11.3 Å². The van der Waals surface area contributed by atoms with Gasteiger partial charge in [0, 0.05) is 5.56 Å². The molecule has 25 heavy (non-hydrogen) atoms. The van der Waals surface area contributed by atoms with Gasteiger partial charge in [-0.3, -0.25) is 14.4 Å². The number of benzene rings is 1. The minimum Gasteiger partial charge on any atom is -0.480 e. The van der Waals surface area contributed by atoms with E-state index in [1.54, 1.807) is 23.6 Å². The molecule has 0 aliphatic rings. The van der Waals surface area contributed by atoms with E-state index in [2.05, 4.69) is 24.5 Å². The summed E-state index contributed by atoms with van der Waals surface area (Å²) in [6.45, 7) is 5.52. The second-order valence-electron chi connectivity index (χ2n) is 5.93. The fraction of sp³-hybridized carbons (Fsp3) is 0.278. The van der Waals surface area contributed by atoms with Crippen LogP contribution in [0.15, 0.2) is 35.7 Å². The van der Waals surface area contributed by atoms with Crippen molar-refractivity contribution in [2.24, 2.45) is 0 Å². The molecule has 0 aliphatic carbocycles. The predicted octanol–water partition coefficient (Wildman–Crippen LogP) is 3.33. The van der Waals surface area contributed by atoms with Crippen molar-refractivity contribution in [3.8, 4) is 0 Å². The van der Waals surface area contributed by atoms with Gasteiger partial charge in [-0.05, 0) is 42.0 Å². The SMILES string of the molecule is CC(C)c1ccc(C(=O)Nc2sccc2C(=O)N[C@@H](C)C(=O)O)cc1. The van der Waals surface area contributed by atoms with Crippen LogP contribution in [0.2, 0.25) is 0 Å². The lowest BCUT2D eigenvalue weighted by Crippen LogP contribution is -2.38. The molecule has 0 aliphatic heterocycles. The van der Waals surface area contributed by atoms with Crippen LogP contribution in [0.5, 0.6) is 0 Å².